The van der Waals surface area contributed by atoms with E-state index in [2.05, 4.69) is 10.3 Å². The highest BCUT2D eigenvalue weighted by Gasteiger charge is 2.18. The van der Waals surface area contributed by atoms with E-state index >= 15 is 0 Å². The van der Waals surface area contributed by atoms with Crippen LogP contribution < -0.4 is 10.2 Å². The van der Waals surface area contributed by atoms with Crippen molar-refractivity contribution >= 4 is 11.6 Å². The van der Waals surface area contributed by atoms with E-state index in [1.165, 1.54) is 11.9 Å². The highest BCUT2D eigenvalue weighted by Crippen LogP contribution is 2.23. The Bertz CT molecular complexity index is 442. The summed E-state index contributed by atoms with van der Waals surface area (Å²) in [4.78, 5) is 5.36. The first-order chi connectivity index (χ1) is 8.01. The average molecular weight is 240 g/mol. The van der Waals surface area contributed by atoms with E-state index in [-0.39, 0.29) is 24.1 Å². The van der Waals surface area contributed by atoms with Gasteiger partial charge in [0, 0.05) is 26.2 Å². The molecule has 17 heavy (non-hydrogen) atoms. The van der Waals surface area contributed by atoms with Crippen LogP contribution in [-0.2, 0) is 0 Å². The molecule has 0 aromatic carbocycles. The van der Waals surface area contributed by atoms with Crippen molar-refractivity contribution in [3.63, 3.8) is 0 Å². The fourth-order valence-corrected chi connectivity index (χ4v) is 1.36. The highest BCUT2D eigenvalue weighted by molar-refractivity contribution is 5.49. The number of aromatic nitrogens is 1. The molecule has 0 radical (unpaired) electrons. The molecule has 1 heterocycles. The molecule has 0 spiro atoms. The van der Waals surface area contributed by atoms with Gasteiger partial charge in [-0.25, -0.2) is 13.8 Å². The lowest BCUT2D eigenvalue weighted by molar-refractivity contribution is 0.565. The van der Waals surface area contributed by atoms with Crippen LogP contribution >= 0.6 is 0 Å². The van der Waals surface area contributed by atoms with Crippen molar-refractivity contribution in [1.29, 1.82) is 5.26 Å². The maximum atomic E-state index is 13.6. The summed E-state index contributed by atoms with van der Waals surface area (Å²) in [5.41, 5.74) is 0. The van der Waals surface area contributed by atoms with Crippen LogP contribution in [0.3, 0.4) is 0 Å². The molecule has 0 aliphatic heterocycles. The Balaban J connectivity index is 3.09. The van der Waals surface area contributed by atoms with Gasteiger partial charge in [-0.05, 0) is 6.92 Å². The molecule has 92 valence electrons. The molecule has 0 bridgehead atoms. The van der Waals surface area contributed by atoms with Crippen LogP contribution in [0.2, 0.25) is 0 Å². The number of hydrogen-bond acceptors (Lipinski definition) is 4. The molecule has 0 saturated heterocycles. The lowest BCUT2D eigenvalue weighted by Crippen LogP contribution is -2.30. The molecule has 1 atom stereocenters. The van der Waals surface area contributed by atoms with Crippen LogP contribution in [0, 0.1) is 23.0 Å². The van der Waals surface area contributed by atoms with Gasteiger partial charge in [-0.15, -0.1) is 0 Å². The summed E-state index contributed by atoms with van der Waals surface area (Å²) in [5.74, 6) is -1.47. The summed E-state index contributed by atoms with van der Waals surface area (Å²) < 4.78 is 26.8. The molecule has 0 aliphatic rings. The van der Waals surface area contributed by atoms with Gasteiger partial charge >= 0.3 is 0 Å². The third-order valence-corrected chi connectivity index (χ3v) is 2.53. The number of halogens is 2. The summed E-state index contributed by atoms with van der Waals surface area (Å²) in [5, 5.41) is 11.1. The van der Waals surface area contributed by atoms with Gasteiger partial charge in [-0.3, -0.25) is 0 Å². The van der Waals surface area contributed by atoms with Crippen LogP contribution in [0.25, 0.3) is 0 Å². The normalized spacial score (nSPS) is 11.8. The van der Waals surface area contributed by atoms with Crippen LogP contribution in [0.15, 0.2) is 6.07 Å². The summed E-state index contributed by atoms with van der Waals surface area (Å²) in [6, 6.07) is 2.58. The largest absolute Gasteiger partial charge is 0.371 e. The Hall–Kier alpha value is -1.90. The third kappa shape index (κ3) is 2.81. The number of nitriles is 1. The van der Waals surface area contributed by atoms with E-state index in [0.717, 1.165) is 6.07 Å². The molecule has 0 fully saturated rings. The SMILES string of the molecule is CNc1nc(N(C)C(C)CC#N)c(F)cc1F. The monoisotopic (exact) mass is 240 g/mol. The van der Waals surface area contributed by atoms with Gasteiger partial charge in [0.25, 0.3) is 0 Å². The van der Waals surface area contributed by atoms with Crippen LogP contribution in [0.4, 0.5) is 20.4 Å². The zero-order valence-electron chi connectivity index (χ0n) is 9.96. The topological polar surface area (TPSA) is 52.0 Å². The van der Waals surface area contributed by atoms with Gasteiger partial charge in [-0.1, -0.05) is 0 Å². The van der Waals surface area contributed by atoms with Crippen molar-refractivity contribution < 1.29 is 8.78 Å². The van der Waals surface area contributed by atoms with Crippen molar-refractivity contribution in [3.8, 4) is 6.07 Å². The first-order valence-electron chi connectivity index (χ1n) is 5.14. The molecule has 1 aromatic rings. The van der Waals surface area contributed by atoms with E-state index in [1.54, 1.807) is 14.0 Å². The smallest absolute Gasteiger partial charge is 0.168 e. The van der Waals surface area contributed by atoms with Crippen molar-refractivity contribution in [1.82, 2.24) is 4.98 Å². The second-order valence-electron chi connectivity index (χ2n) is 3.70. The van der Waals surface area contributed by atoms with Gasteiger partial charge in [0.15, 0.2) is 23.3 Å². The van der Waals surface area contributed by atoms with Crippen molar-refractivity contribution in [2.45, 2.75) is 19.4 Å². The van der Waals surface area contributed by atoms with Crippen LogP contribution in [0.1, 0.15) is 13.3 Å². The minimum atomic E-state index is -0.742. The highest BCUT2D eigenvalue weighted by atomic mass is 19.1. The number of anilines is 2. The molecule has 0 amide bonds. The van der Waals surface area contributed by atoms with Crippen molar-refractivity contribution in [3.05, 3.63) is 17.7 Å². The molecule has 1 rings (SSSR count). The van der Waals surface area contributed by atoms with Gasteiger partial charge in [-0.2, -0.15) is 5.26 Å². The van der Waals surface area contributed by atoms with Crippen LogP contribution in [-0.4, -0.2) is 25.1 Å². The van der Waals surface area contributed by atoms with Gasteiger partial charge in [0.2, 0.25) is 0 Å². The maximum Gasteiger partial charge on any atom is 0.168 e. The average Bonchev–Trinajstić information content (AvgIpc) is 2.29. The Morgan fingerprint density at radius 2 is 2.18 bits per heavy atom. The van der Waals surface area contributed by atoms with Gasteiger partial charge in [0.05, 0.1) is 12.5 Å². The van der Waals surface area contributed by atoms with Crippen molar-refractivity contribution in [2.75, 3.05) is 24.3 Å². The van der Waals surface area contributed by atoms with E-state index in [0.29, 0.717) is 0 Å². The summed E-state index contributed by atoms with van der Waals surface area (Å²) >= 11 is 0. The molecular weight excluding hydrogens is 226 g/mol. The van der Waals surface area contributed by atoms with Crippen LogP contribution in [0.5, 0.6) is 0 Å². The molecular formula is C11H14F2N4. The lowest BCUT2D eigenvalue weighted by atomic mass is 10.2. The molecule has 0 aliphatic carbocycles. The van der Waals surface area contributed by atoms with Crippen molar-refractivity contribution in [2.24, 2.45) is 0 Å². The minimum Gasteiger partial charge on any atom is -0.371 e. The number of hydrogen-bond donors (Lipinski definition) is 1. The summed E-state index contributed by atoms with van der Waals surface area (Å²) in [7, 11) is 3.12. The molecule has 1 unspecified atom stereocenters. The Morgan fingerprint density at radius 3 is 2.71 bits per heavy atom. The number of rotatable bonds is 4. The molecule has 0 saturated carbocycles. The fraction of sp³-hybridized carbons (Fsp3) is 0.455. The Labute approximate surface area is 98.9 Å². The predicted molar refractivity (Wildman–Crippen MR) is 61.8 cm³/mol. The van der Waals surface area contributed by atoms with E-state index in [1.807, 2.05) is 6.07 Å². The zero-order chi connectivity index (χ0) is 13.0. The number of nitrogens with zero attached hydrogens (tertiary/aromatic N) is 3. The predicted octanol–water partition coefficient (Wildman–Crippen LogP) is 2.14. The Kier molecular flexibility index (Phi) is 4.21. The first kappa shape index (κ1) is 13.2. The second kappa shape index (κ2) is 5.43. The Morgan fingerprint density at radius 1 is 1.53 bits per heavy atom. The quantitative estimate of drug-likeness (QED) is 0.876. The van der Waals surface area contributed by atoms with E-state index < -0.39 is 11.6 Å². The number of pyridine rings is 1. The second-order valence-corrected chi connectivity index (χ2v) is 3.70. The van der Waals surface area contributed by atoms with Gasteiger partial charge < -0.3 is 10.2 Å². The molecule has 1 N–H and O–H groups in total. The lowest BCUT2D eigenvalue weighted by Gasteiger charge is -2.24. The standard InChI is InChI=1S/C11H14F2N4/c1-7(4-5-14)17(3)11-9(13)6-8(12)10(15-2)16-11/h6-7H,4H2,1-3H3,(H,15,16). The fourth-order valence-electron chi connectivity index (χ4n) is 1.36. The molecule has 6 heteroatoms. The summed E-state index contributed by atoms with van der Waals surface area (Å²) in [6.45, 7) is 1.77. The zero-order valence-corrected chi connectivity index (χ0v) is 9.96. The first-order valence-corrected chi connectivity index (χ1v) is 5.14. The van der Waals surface area contributed by atoms with E-state index in [4.69, 9.17) is 5.26 Å². The van der Waals surface area contributed by atoms with Gasteiger partial charge in [0.1, 0.15) is 0 Å². The summed E-state index contributed by atoms with van der Waals surface area (Å²) in [6.07, 6.45) is 0.240. The number of nitrogens with one attached hydrogen (secondary N) is 1. The third-order valence-electron chi connectivity index (χ3n) is 2.53. The maximum absolute atomic E-state index is 13.6. The molecule has 1 aromatic heterocycles. The van der Waals surface area contributed by atoms with E-state index in [9.17, 15) is 8.78 Å². The molecule has 4 nitrogen and oxygen atoms in total. The minimum absolute atomic E-state index is 0.0163.